The molecule has 130 valence electrons. The standard InChI is InChI=1S/C19H24N6/c1-15-13-25-19(20-15)7-6-18(22-25)21-17-5-3-4-16(12-17)14-24-10-8-23(2)9-11-24/h3-7,12-13H,8-11,14H2,1-2H3,(H,21,22). The Morgan fingerprint density at radius 2 is 1.92 bits per heavy atom. The molecule has 0 saturated carbocycles. The number of nitrogens with zero attached hydrogens (tertiary/aromatic N) is 5. The number of aromatic nitrogens is 3. The van der Waals surface area contributed by atoms with Crippen LogP contribution in [-0.4, -0.2) is 57.6 Å². The Morgan fingerprint density at radius 1 is 1.08 bits per heavy atom. The van der Waals surface area contributed by atoms with Crippen LogP contribution < -0.4 is 5.32 Å². The minimum atomic E-state index is 0.821. The molecule has 1 saturated heterocycles. The van der Waals surface area contributed by atoms with Crippen molar-refractivity contribution in [3.8, 4) is 0 Å². The Balaban J connectivity index is 1.46. The highest BCUT2D eigenvalue weighted by molar-refractivity contribution is 5.58. The first-order valence-electron chi connectivity index (χ1n) is 8.76. The number of anilines is 2. The molecule has 0 aliphatic carbocycles. The number of fused-ring (bicyclic) bond motifs is 1. The van der Waals surface area contributed by atoms with E-state index in [1.165, 1.54) is 5.56 Å². The van der Waals surface area contributed by atoms with Crippen molar-refractivity contribution in [2.24, 2.45) is 0 Å². The van der Waals surface area contributed by atoms with Gasteiger partial charge in [-0.25, -0.2) is 9.50 Å². The first-order valence-corrected chi connectivity index (χ1v) is 8.76. The van der Waals surface area contributed by atoms with Gasteiger partial charge in [0.05, 0.1) is 11.9 Å². The maximum absolute atomic E-state index is 4.57. The Hall–Kier alpha value is -2.44. The summed E-state index contributed by atoms with van der Waals surface area (Å²) >= 11 is 0. The molecule has 6 nitrogen and oxygen atoms in total. The van der Waals surface area contributed by atoms with Gasteiger partial charge in [0.15, 0.2) is 11.5 Å². The van der Waals surface area contributed by atoms with Crippen molar-refractivity contribution < 1.29 is 0 Å². The van der Waals surface area contributed by atoms with E-state index >= 15 is 0 Å². The van der Waals surface area contributed by atoms with E-state index in [1.807, 2.05) is 29.8 Å². The van der Waals surface area contributed by atoms with E-state index in [0.717, 1.165) is 55.6 Å². The van der Waals surface area contributed by atoms with Gasteiger partial charge in [0.1, 0.15) is 0 Å². The average Bonchev–Trinajstić information content (AvgIpc) is 2.97. The van der Waals surface area contributed by atoms with E-state index < -0.39 is 0 Å². The van der Waals surface area contributed by atoms with Crippen LogP contribution in [0.15, 0.2) is 42.6 Å². The molecule has 6 heteroatoms. The molecule has 0 amide bonds. The third-order valence-electron chi connectivity index (χ3n) is 4.64. The van der Waals surface area contributed by atoms with Crippen molar-refractivity contribution in [3.63, 3.8) is 0 Å². The number of nitrogens with one attached hydrogen (secondary N) is 1. The van der Waals surface area contributed by atoms with E-state index in [9.17, 15) is 0 Å². The van der Waals surface area contributed by atoms with Crippen LogP contribution in [0.2, 0.25) is 0 Å². The summed E-state index contributed by atoms with van der Waals surface area (Å²) in [5.41, 5.74) is 4.23. The molecule has 0 bridgehead atoms. The fourth-order valence-electron chi connectivity index (χ4n) is 3.23. The van der Waals surface area contributed by atoms with Crippen molar-refractivity contribution >= 4 is 17.2 Å². The second-order valence-electron chi connectivity index (χ2n) is 6.81. The van der Waals surface area contributed by atoms with Crippen LogP contribution in [-0.2, 0) is 6.54 Å². The quantitative estimate of drug-likeness (QED) is 0.793. The van der Waals surface area contributed by atoms with Gasteiger partial charge in [-0.1, -0.05) is 12.1 Å². The summed E-state index contributed by atoms with van der Waals surface area (Å²) in [6, 6.07) is 12.5. The number of hydrogen-bond donors (Lipinski definition) is 1. The van der Waals surface area contributed by atoms with Crippen LogP contribution in [0.5, 0.6) is 0 Å². The third-order valence-corrected chi connectivity index (χ3v) is 4.64. The van der Waals surface area contributed by atoms with Gasteiger partial charge >= 0.3 is 0 Å². The molecule has 3 aromatic rings. The zero-order chi connectivity index (χ0) is 17.2. The molecule has 3 heterocycles. The highest BCUT2D eigenvalue weighted by Gasteiger charge is 2.13. The normalized spacial score (nSPS) is 16.4. The molecule has 1 aliphatic heterocycles. The van der Waals surface area contributed by atoms with Crippen LogP contribution in [0.3, 0.4) is 0 Å². The van der Waals surface area contributed by atoms with E-state index in [4.69, 9.17) is 0 Å². The first kappa shape index (κ1) is 16.1. The second kappa shape index (κ2) is 6.82. The van der Waals surface area contributed by atoms with E-state index in [0.29, 0.717) is 0 Å². The first-order chi connectivity index (χ1) is 12.2. The van der Waals surface area contributed by atoms with Gasteiger partial charge in [0, 0.05) is 38.4 Å². The number of rotatable bonds is 4. The van der Waals surface area contributed by atoms with Crippen molar-refractivity contribution in [2.75, 3.05) is 38.5 Å². The molecule has 1 fully saturated rings. The van der Waals surface area contributed by atoms with E-state index in [1.54, 1.807) is 0 Å². The zero-order valence-corrected chi connectivity index (χ0v) is 14.8. The predicted octanol–water partition coefficient (Wildman–Crippen LogP) is 2.53. The largest absolute Gasteiger partial charge is 0.339 e. The molecule has 1 aliphatic rings. The SMILES string of the molecule is Cc1cn2nc(Nc3cccc(CN4CCN(C)CC4)c3)ccc2n1. The molecular weight excluding hydrogens is 312 g/mol. The second-order valence-corrected chi connectivity index (χ2v) is 6.81. The summed E-state index contributed by atoms with van der Waals surface area (Å²) in [6.07, 6.45) is 1.93. The Bertz CT molecular complexity index is 863. The topological polar surface area (TPSA) is 48.7 Å². The number of piperazine rings is 1. The lowest BCUT2D eigenvalue weighted by Crippen LogP contribution is -2.43. The molecule has 25 heavy (non-hydrogen) atoms. The van der Waals surface area contributed by atoms with Crippen molar-refractivity contribution in [1.29, 1.82) is 0 Å². The van der Waals surface area contributed by atoms with Gasteiger partial charge in [0.2, 0.25) is 0 Å². The van der Waals surface area contributed by atoms with Gasteiger partial charge in [-0.3, -0.25) is 4.90 Å². The van der Waals surface area contributed by atoms with Crippen LogP contribution in [0, 0.1) is 6.92 Å². The number of imidazole rings is 1. The van der Waals surface area contributed by atoms with E-state index in [2.05, 4.69) is 56.5 Å². The number of hydrogen-bond acceptors (Lipinski definition) is 5. The molecular formula is C19H24N6. The number of likely N-dealkylation sites (N-methyl/N-ethyl adjacent to an activating group) is 1. The Labute approximate surface area is 148 Å². The van der Waals surface area contributed by atoms with Crippen LogP contribution in [0.25, 0.3) is 5.65 Å². The fraction of sp³-hybridized carbons (Fsp3) is 0.368. The van der Waals surface area contributed by atoms with Gasteiger partial charge in [-0.05, 0) is 43.8 Å². The summed E-state index contributed by atoms with van der Waals surface area (Å²) in [5, 5.41) is 7.98. The molecule has 0 unspecified atom stereocenters. The third kappa shape index (κ3) is 3.81. The highest BCUT2D eigenvalue weighted by atomic mass is 15.3. The Morgan fingerprint density at radius 3 is 2.76 bits per heavy atom. The van der Waals surface area contributed by atoms with Crippen molar-refractivity contribution in [3.05, 3.63) is 53.9 Å². The predicted molar refractivity (Wildman–Crippen MR) is 100 cm³/mol. The van der Waals surface area contributed by atoms with Gasteiger partial charge in [-0.15, -0.1) is 5.10 Å². The fourth-order valence-corrected chi connectivity index (χ4v) is 3.23. The number of aryl methyl sites for hydroxylation is 1. The molecule has 0 spiro atoms. The van der Waals surface area contributed by atoms with Crippen LogP contribution in [0.4, 0.5) is 11.5 Å². The summed E-state index contributed by atoms with van der Waals surface area (Å²) in [5.74, 6) is 0.821. The summed E-state index contributed by atoms with van der Waals surface area (Å²) in [4.78, 5) is 9.30. The minimum absolute atomic E-state index is 0.821. The summed E-state index contributed by atoms with van der Waals surface area (Å²) in [6.45, 7) is 7.53. The molecule has 0 atom stereocenters. The molecule has 2 aromatic heterocycles. The van der Waals surface area contributed by atoms with Gasteiger partial charge in [0.25, 0.3) is 0 Å². The lowest BCUT2D eigenvalue weighted by atomic mass is 10.1. The lowest BCUT2D eigenvalue weighted by molar-refractivity contribution is 0.148. The van der Waals surface area contributed by atoms with Crippen LogP contribution in [0.1, 0.15) is 11.3 Å². The van der Waals surface area contributed by atoms with E-state index in [-0.39, 0.29) is 0 Å². The summed E-state index contributed by atoms with van der Waals surface area (Å²) < 4.78 is 1.81. The highest BCUT2D eigenvalue weighted by Crippen LogP contribution is 2.18. The smallest absolute Gasteiger partial charge is 0.153 e. The molecule has 1 aromatic carbocycles. The van der Waals surface area contributed by atoms with Gasteiger partial charge in [-0.2, -0.15) is 0 Å². The minimum Gasteiger partial charge on any atom is -0.339 e. The maximum Gasteiger partial charge on any atom is 0.153 e. The molecule has 4 rings (SSSR count). The zero-order valence-electron chi connectivity index (χ0n) is 14.8. The molecule has 0 radical (unpaired) electrons. The van der Waals surface area contributed by atoms with Gasteiger partial charge < -0.3 is 10.2 Å². The lowest BCUT2D eigenvalue weighted by Gasteiger charge is -2.32. The Kier molecular flexibility index (Phi) is 4.38. The average molecular weight is 336 g/mol. The van der Waals surface area contributed by atoms with Crippen LogP contribution >= 0.6 is 0 Å². The monoisotopic (exact) mass is 336 g/mol. The van der Waals surface area contributed by atoms with Crippen molar-refractivity contribution in [1.82, 2.24) is 24.4 Å². The molecule has 1 N–H and O–H groups in total. The number of benzene rings is 1. The van der Waals surface area contributed by atoms with Crippen molar-refractivity contribution in [2.45, 2.75) is 13.5 Å². The summed E-state index contributed by atoms with van der Waals surface area (Å²) in [7, 11) is 2.19. The maximum atomic E-state index is 4.57.